The van der Waals surface area contributed by atoms with Gasteiger partial charge in [-0.2, -0.15) is 0 Å². The smallest absolute Gasteiger partial charge is 0.255 e. The highest BCUT2D eigenvalue weighted by Gasteiger charge is 2.47. The number of carbonyl (C=O) groups is 2. The van der Waals surface area contributed by atoms with Crippen molar-refractivity contribution in [2.75, 3.05) is 25.5 Å². The van der Waals surface area contributed by atoms with Crippen LogP contribution in [0.25, 0.3) is 0 Å². The highest BCUT2D eigenvalue weighted by molar-refractivity contribution is 5.95. The molecule has 1 aromatic heterocycles. The van der Waals surface area contributed by atoms with Crippen molar-refractivity contribution in [2.24, 2.45) is 0 Å². The van der Waals surface area contributed by atoms with Crippen molar-refractivity contribution in [3.63, 3.8) is 0 Å². The Bertz CT molecular complexity index is 1130. The number of imidazole rings is 1. The first kappa shape index (κ1) is 21.2. The number of nitrogens with zero attached hydrogens (tertiary/aromatic N) is 3. The van der Waals surface area contributed by atoms with Gasteiger partial charge in [-0.15, -0.1) is 0 Å². The summed E-state index contributed by atoms with van der Waals surface area (Å²) >= 11 is 0. The fraction of sp³-hybridized carbons (Fsp3) is 0.320. The van der Waals surface area contributed by atoms with Crippen molar-refractivity contribution in [1.29, 1.82) is 0 Å². The van der Waals surface area contributed by atoms with Crippen LogP contribution in [0.15, 0.2) is 67.0 Å². The maximum absolute atomic E-state index is 13.0. The zero-order chi connectivity index (χ0) is 22.8. The molecule has 8 heteroatoms. The third kappa shape index (κ3) is 4.09. The summed E-state index contributed by atoms with van der Waals surface area (Å²) in [7, 11) is 1.60. The number of hydrogen-bond donors (Lipinski definition) is 1. The molecule has 1 N–H and O–H groups in total. The lowest BCUT2D eigenvalue weighted by Crippen LogP contribution is -2.54. The predicted octanol–water partition coefficient (Wildman–Crippen LogP) is 3.06. The summed E-state index contributed by atoms with van der Waals surface area (Å²) in [5, 5.41) is 2.94. The van der Waals surface area contributed by atoms with Gasteiger partial charge in [0.25, 0.3) is 11.8 Å². The molecule has 2 amide bonds. The number of piperidine rings is 1. The Morgan fingerprint density at radius 2 is 1.82 bits per heavy atom. The van der Waals surface area contributed by atoms with Crippen LogP contribution in [0.2, 0.25) is 0 Å². The minimum absolute atomic E-state index is 0.0231. The number of aromatic nitrogens is 2. The molecule has 1 spiro atoms. The lowest BCUT2D eigenvalue weighted by molar-refractivity contribution is -0.168. The molecule has 2 aliphatic heterocycles. The Balaban J connectivity index is 1.31. The molecule has 33 heavy (non-hydrogen) atoms. The molecule has 3 aromatic rings. The molecule has 8 nitrogen and oxygen atoms in total. The third-order valence-corrected chi connectivity index (χ3v) is 6.38. The van der Waals surface area contributed by atoms with Crippen LogP contribution in [0.4, 0.5) is 5.69 Å². The van der Waals surface area contributed by atoms with E-state index in [-0.39, 0.29) is 11.8 Å². The third-order valence-electron chi connectivity index (χ3n) is 6.38. The molecular formula is C25H26N4O4. The summed E-state index contributed by atoms with van der Waals surface area (Å²) in [5.41, 5.74) is 0.659. The van der Waals surface area contributed by atoms with Crippen molar-refractivity contribution in [1.82, 2.24) is 14.5 Å². The number of amides is 2. The molecule has 0 bridgehead atoms. The number of likely N-dealkylation sites (tertiary alicyclic amines) is 1. The lowest BCUT2D eigenvalue weighted by atomic mass is 9.88. The fourth-order valence-electron chi connectivity index (χ4n) is 4.61. The minimum Gasteiger partial charge on any atom is -0.497 e. The van der Waals surface area contributed by atoms with Gasteiger partial charge in [-0.05, 0) is 36.4 Å². The molecule has 170 valence electrons. The topological polar surface area (TPSA) is 85.7 Å². The first-order chi connectivity index (χ1) is 16.1. The quantitative estimate of drug-likeness (QED) is 0.666. The van der Waals surface area contributed by atoms with Gasteiger partial charge in [-0.25, -0.2) is 4.98 Å². The number of para-hydroxylation sites is 1. The number of benzene rings is 2. The number of methoxy groups -OCH3 is 1. The van der Waals surface area contributed by atoms with Crippen LogP contribution in [-0.2, 0) is 21.7 Å². The molecule has 0 unspecified atom stereocenters. The minimum atomic E-state index is -0.697. The van der Waals surface area contributed by atoms with Crippen LogP contribution in [0, 0.1) is 0 Å². The highest BCUT2D eigenvalue weighted by Crippen LogP contribution is 2.40. The maximum Gasteiger partial charge on any atom is 0.255 e. The molecule has 0 saturated carbocycles. The molecule has 0 aliphatic carbocycles. The van der Waals surface area contributed by atoms with Crippen molar-refractivity contribution in [2.45, 2.75) is 31.1 Å². The van der Waals surface area contributed by atoms with Gasteiger partial charge in [-0.3, -0.25) is 9.59 Å². The van der Waals surface area contributed by atoms with Gasteiger partial charge >= 0.3 is 0 Å². The number of carbonyl (C=O) groups excluding carboxylic acids is 2. The van der Waals surface area contributed by atoms with Gasteiger partial charge in [-0.1, -0.05) is 18.2 Å². The van der Waals surface area contributed by atoms with E-state index < -0.39 is 11.7 Å². The zero-order valence-corrected chi connectivity index (χ0v) is 18.4. The van der Waals surface area contributed by atoms with Gasteiger partial charge in [0.2, 0.25) is 0 Å². The van der Waals surface area contributed by atoms with Crippen LogP contribution in [0.5, 0.6) is 5.75 Å². The molecule has 5 rings (SSSR count). The van der Waals surface area contributed by atoms with Gasteiger partial charge in [0.05, 0.1) is 13.7 Å². The number of hydrogen-bond acceptors (Lipinski definition) is 5. The number of rotatable bonds is 4. The Labute approximate surface area is 192 Å². The average Bonchev–Trinajstić information content (AvgIpc) is 3.35. The largest absolute Gasteiger partial charge is 0.497 e. The first-order valence-electron chi connectivity index (χ1n) is 11.1. The average molecular weight is 447 g/mol. The van der Waals surface area contributed by atoms with Gasteiger partial charge in [0, 0.05) is 49.6 Å². The van der Waals surface area contributed by atoms with E-state index in [1.54, 1.807) is 37.6 Å². The van der Waals surface area contributed by atoms with Crippen molar-refractivity contribution in [3.8, 4) is 5.75 Å². The Hall–Kier alpha value is -3.65. The highest BCUT2D eigenvalue weighted by atomic mass is 16.5. The summed E-state index contributed by atoms with van der Waals surface area (Å²) in [4.78, 5) is 32.4. The Morgan fingerprint density at radius 1 is 1.09 bits per heavy atom. The van der Waals surface area contributed by atoms with Crippen molar-refractivity contribution in [3.05, 3.63) is 78.4 Å². The maximum atomic E-state index is 13.0. The zero-order valence-electron chi connectivity index (χ0n) is 18.4. The van der Waals surface area contributed by atoms with E-state index in [9.17, 15) is 9.59 Å². The predicted molar refractivity (Wildman–Crippen MR) is 122 cm³/mol. The molecule has 1 fully saturated rings. The van der Waals surface area contributed by atoms with Crippen LogP contribution < -0.4 is 10.1 Å². The van der Waals surface area contributed by atoms with Gasteiger partial charge < -0.3 is 24.3 Å². The molecule has 1 atom stereocenters. The molecule has 0 radical (unpaired) electrons. The standard InChI is InChI=1S/C25H26N4O4/c1-32-20-9-7-18(8-10-20)23(31)28-14-11-25(12-15-28)24-26-13-16-29(24)17-21(33-25)22(30)27-19-5-3-2-4-6-19/h2-10,13,16,21H,11-12,14-15,17H2,1H3,(H,27,30)/t21-/m0/s1. The second kappa shape index (κ2) is 8.71. The van der Waals surface area contributed by atoms with Crippen molar-refractivity contribution < 1.29 is 19.1 Å². The number of ether oxygens (including phenoxy) is 2. The first-order valence-corrected chi connectivity index (χ1v) is 11.1. The second-order valence-corrected chi connectivity index (χ2v) is 8.38. The normalized spacial score (nSPS) is 19.1. The van der Waals surface area contributed by atoms with E-state index in [4.69, 9.17) is 9.47 Å². The number of nitrogens with one attached hydrogen (secondary N) is 1. The lowest BCUT2D eigenvalue weighted by Gasteiger charge is -2.45. The van der Waals surface area contributed by atoms with Crippen molar-refractivity contribution >= 4 is 17.5 Å². The monoisotopic (exact) mass is 446 g/mol. The van der Waals surface area contributed by atoms with E-state index in [1.165, 1.54) is 0 Å². The van der Waals surface area contributed by atoms with E-state index in [2.05, 4.69) is 10.3 Å². The van der Waals surface area contributed by atoms with Crippen LogP contribution >= 0.6 is 0 Å². The van der Waals surface area contributed by atoms with Crippen LogP contribution in [0.1, 0.15) is 29.0 Å². The summed E-state index contributed by atoms with van der Waals surface area (Å²) in [6, 6.07) is 16.5. The fourth-order valence-corrected chi connectivity index (χ4v) is 4.61. The molecule has 1 saturated heterocycles. The summed E-state index contributed by atoms with van der Waals surface area (Å²) < 4.78 is 13.6. The molecular weight excluding hydrogens is 420 g/mol. The molecule has 2 aromatic carbocycles. The number of fused-ring (bicyclic) bond motifs is 2. The summed E-state index contributed by atoms with van der Waals surface area (Å²) in [6.07, 6.45) is 4.13. The second-order valence-electron chi connectivity index (χ2n) is 8.38. The molecule has 2 aliphatic rings. The Morgan fingerprint density at radius 3 is 2.52 bits per heavy atom. The van der Waals surface area contributed by atoms with Gasteiger partial charge in [0.1, 0.15) is 17.2 Å². The Kier molecular flexibility index (Phi) is 5.60. The van der Waals surface area contributed by atoms with Gasteiger partial charge in [0.15, 0.2) is 6.10 Å². The summed E-state index contributed by atoms with van der Waals surface area (Å²) in [6.45, 7) is 1.44. The van der Waals surface area contributed by atoms with Crippen LogP contribution in [-0.4, -0.2) is 52.6 Å². The summed E-state index contributed by atoms with van der Waals surface area (Å²) in [5.74, 6) is 1.33. The van der Waals surface area contributed by atoms with E-state index in [0.717, 1.165) is 11.5 Å². The SMILES string of the molecule is COc1ccc(C(=O)N2CCC3(CC2)O[C@H](C(=O)Nc2ccccc2)Cn2ccnc23)cc1. The molecule has 3 heterocycles. The van der Waals surface area contributed by atoms with Crippen LogP contribution in [0.3, 0.4) is 0 Å². The van der Waals surface area contributed by atoms with E-state index in [1.807, 2.05) is 46.0 Å². The van der Waals surface area contributed by atoms with E-state index >= 15 is 0 Å². The number of anilines is 1. The van der Waals surface area contributed by atoms with E-state index in [0.29, 0.717) is 43.8 Å².